The second kappa shape index (κ2) is 4.49. The van der Waals surface area contributed by atoms with Gasteiger partial charge in [-0.25, -0.2) is 4.98 Å². The maximum atomic E-state index is 6.23. The zero-order valence-corrected chi connectivity index (χ0v) is 9.67. The largest absolute Gasteiger partial charge is 0.333 e. The number of imidazole rings is 1. The first-order valence-corrected chi connectivity index (χ1v) is 5.48. The Morgan fingerprint density at radius 2 is 1.94 bits per heavy atom. The van der Waals surface area contributed by atoms with Crippen LogP contribution in [0.5, 0.6) is 0 Å². The Hall–Kier alpha value is -1.61. The molecule has 0 aliphatic carbocycles. The van der Waals surface area contributed by atoms with E-state index in [9.17, 15) is 0 Å². The lowest BCUT2D eigenvalue weighted by Crippen LogP contribution is -2.21. The van der Waals surface area contributed by atoms with Crippen LogP contribution in [0, 0.1) is 6.92 Å². The Bertz CT molecular complexity index is 431. The minimum atomic E-state index is -0.00481. The fourth-order valence-electron chi connectivity index (χ4n) is 1.76. The van der Waals surface area contributed by atoms with E-state index in [2.05, 4.69) is 43.1 Å². The highest BCUT2D eigenvalue weighted by molar-refractivity contribution is 5.24. The molecule has 2 unspecified atom stereocenters. The fourth-order valence-corrected chi connectivity index (χ4v) is 1.76. The quantitative estimate of drug-likeness (QED) is 0.854. The van der Waals surface area contributed by atoms with Gasteiger partial charge in [-0.15, -0.1) is 0 Å². The van der Waals surface area contributed by atoms with E-state index in [0.717, 1.165) is 5.56 Å². The van der Waals surface area contributed by atoms with E-state index in [1.807, 2.05) is 10.8 Å². The van der Waals surface area contributed by atoms with Gasteiger partial charge in [-0.2, -0.15) is 0 Å². The molecule has 0 saturated carbocycles. The van der Waals surface area contributed by atoms with Crippen molar-refractivity contribution in [3.05, 3.63) is 54.1 Å². The maximum absolute atomic E-state index is 6.23. The number of hydrogen-bond donors (Lipinski definition) is 1. The molecule has 0 fully saturated rings. The molecule has 0 saturated heterocycles. The van der Waals surface area contributed by atoms with Gasteiger partial charge in [0.05, 0.1) is 18.4 Å². The molecular weight excluding hydrogens is 198 g/mol. The number of aryl methyl sites for hydroxylation is 1. The molecule has 2 atom stereocenters. The number of nitrogens with two attached hydrogens (primary N) is 1. The molecule has 3 heteroatoms. The molecule has 0 radical (unpaired) electrons. The predicted octanol–water partition coefficient (Wildman–Crippen LogP) is 2.45. The first kappa shape index (κ1) is 10.9. The normalized spacial score (nSPS) is 14.7. The second-order valence-corrected chi connectivity index (χ2v) is 4.19. The van der Waals surface area contributed by atoms with E-state index in [1.165, 1.54) is 5.56 Å². The van der Waals surface area contributed by atoms with Crippen LogP contribution in [0.4, 0.5) is 0 Å². The lowest BCUT2D eigenvalue weighted by Gasteiger charge is -2.21. The van der Waals surface area contributed by atoms with E-state index in [0.29, 0.717) is 0 Å². The van der Waals surface area contributed by atoms with Crippen LogP contribution in [-0.4, -0.2) is 9.55 Å². The first-order chi connectivity index (χ1) is 7.68. The number of hydrogen-bond acceptors (Lipinski definition) is 2. The van der Waals surface area contributed by atoms with Gasteiger partial charge in [-0.05, 0) is 19.4 Å². The fraction of sp³-hybridized carbons (Fsp3) is 0.308. The summed E-state index contributed by atoms with van der Waals surface area (Å²) in [5.74, 6) is 0. The Morgan fingerprint density at radius 3 is 2.50 bits per heavy atom. The zero-order chi connectivity index (χ0) is 11.5. The van der Waals surface area contributed by atoms with Crippen LogP contribution in [0.3, 0.4) is 0 Å². The van der Waals surface area contributed by atoms with Gasteiger partial charge in [0.2, 0.25) is 0 Å². The summed E-state index contributed by atoms with van der Waals surface area (Å²) in [6, 6.07) is 8.58. The van der Waals surface area contributed by atoms with Crippen molar-refractivity contribution >= 4 is 0 Å². The number of aromatic nitrogens is 2. The molecule has 84 valence electrons. The van der Waals surface area contributed by atoms with Crippen molar-refractivity contribution in [1.82, 2.24) is 9.55 Å². The summed E-state index contributed by atoms with van der Waals surface area (Å²) in [7, 11) is 0. The third-order valence-electron chi connectivity index (χ3n) is 2.98. The summed E-state index contributed by atoms with van der Waals surface area (Å²) in [5, 5.41) is 0. The summed E-state index contributed by atoms with van der Waals surface area (Å²) < 4.78 is 2.03. The molecule has 0 aliphatic rings. The molecular formula is C13H17N3. The molecule has 0 spiro atoms. The summed E-state index contributed by atoms with van der Waals surface area (Å²) in [5.41, 5.74) is 8.65. The summed E-state index contributed by atoms with van der Waals surface area (Å²) in [6.07, 6.45) is 5.52. The summed E-state index contributed by atoms with van der Waals surface area (Å²) in [4.78, 5) is 4.04. The van der Waals surface area contributed by atoms with Crippen molar-refractivity contribution in [3.8, 4) is 0 Å². The van der Waals surface area contributed by atoms with E-state index >= 15 is 0 Å². The van der Waals surface area contributed by atoms with Crippen LogP contribution in [0.2, 0.25) is 0 Å². The van der Waals surface area contributed by atoms with E-state index < -0.39 is 0 Å². The molecule has 1 aromatic heterocycles. The van der Waals surface area contributed by atoms with Gasteiger partial charge in [0.15, 0.2) is 0 Å². The smallest absolute Gasteiger partial charge is 0.0949 e. The van der Waals surface area contributed by atoms with Crippen molar-refractivity contribution in [3.63, 3.8) is 0 Å². The minimum Gasteiger partial charge on any atom is -0.333 e. The third kappa shape index (κ3) is 2.14. The molecule has 3 nitrogen and oxygen atoms in total. The van der Waals surface area contributed by atoms with Crippen molar-refractivity contribution in [2.24, 2.45) is 5.73 Å². The predicted molar refractivity (Wildman–Crippen MR) is 65.0 cm³/mol. The van der Waals surface area contributed by atoms with Gasteiger partial charge < -0.3 is 10.3 Å². The standard InChI is InChI=1S/C13H17N3/c1-10-3-5-12(6-4-10)13(14)11(2)16-8-7-15-9-16/h3-9,11,13H,14H2,1-2H3. The van der Waals surface area contributed by atoms with Crippen molar-refractivity contribution in [2.75, 3.05) is 0 Å². The molecule has 2 aromatic rings. The van der Waals surface area contributed by atoms with E-state index in [1.54, 1.807) is 12.5 Å². The minimum absolute atomic E-state index is 0.00481. The number of benzene rings is 1. The van der Waals surface area contributed by atoms with Gasteiger partial charge >= 0.3 is 0 Å². The number of nitrogens with zero attached hydrogens (tertiary/aromatic N) is 2. The Kier molecular flexibility index (Phi) is 3.06. The highest BCUT2D eigenvalue weighted by atomic mass is 15.1. The maximum Gasteiger partial charge on any atom is 0.0949 e. The van der Waals surface area contributed by atoms with Crippen molar-refractivity contribution < 1.29 is 0 Å². The van der Waals surface area contributed by atoms with E-state index in [4.69, 9.17) is 5.73 Å². The van der Waals surface area contributed by atoms with E-state index in [-0.39, 0.29) is 12.1 Å². The van der Waals surface area contributed by atoms with Gasteiger partial charge in [0, 0.05) is 12.4 Å². The second-order valence-electron chi connectivity index (χ2n) is 4.19. The molecule has 16 heavy (non-hydrogen) atoms. The van der Waals surface area contributed by atoms with Gasteiger partial charge in [0.25, 0.3) is 0 Å². The SMILES string of the molecule is Cc1ccc(C(N)C(C)n2ccnc2)cc1. The van der Waals surface area contributed by atoms with Gasteiger partial charge in [0.1, 0.15) is 0 Å². The molecule has 1 aromatic carbocycles. The topological polar surface area (TPSA) is 43.8 Å². The van der Waals surface area contributed by atoms with Crippen LogP contribution in [-0.2, 0) is 0 Å². The highest BCUT2D eigenvalue weighted by Crippen LogP contribution is 2.23. The molecule has 2 rings (SSSR count). The Morgan fingerprint density at radius 1 is 1.25 bits per heavy atom. The molecule has 0 amide bonds. The molecule has 0 bridgehead atoms. The van der Waals surface area contributed by atoms with Crippen LogP contribution >= 0.6 is 0 Å². The lowest BCUT2D eigenvalue weighted by atomic mass is 10.0. The summed E-state index contributed by atoms with van der Waals surface area (Å²) in [6.45, 7) is 4.18. The monoisotopic (exact) mass is 215 g/mol. The van der Waals surface area contributed by atoms with Crippen LogP contribution in [0.15, 0.2) is 43.0 Å². The number of rotatable bonds is 3. The van der Waals surface area contributed by atoms with Gasteiger partial charge in [-0.1, -0.05) is 29.8 Å². The van der Waals surface area contributed by atoms with Crippen LogP contribution < -0.4 is 5.73 Å². The Balaban J connectivity index is 2.19. The highest BCUT2D eigenvalue weighted by Gasteiger charge is 2.15. The van der Waals surface area contributed by atoms with Gasteiger partial charge in [-0.3, -0.25) is 0 Å². The molecule has 2 N–H and O–H groups in total. The van der Waals surface area contributed by atoms with Crippen molar-refractivity contribution in [1.29, 1.82) is 0 Å². The molecule has 0 aliphatic heterocycles. The average molecular weight is 215 g/mol. The first-order valence-electron chi connectivity index (χ1n) is 5.48. The van der Waals surface area contributed by atoms with Crippen LogP contribution in [0.25, 0.3) is 0 Å². The molecule has 1 heterocycles. The summed E-state index contributed by atoms with van der Waals surface area (Å²) >= 11 is 0. The zero-order valence-electron chi connectivity index (χ0n) is 9.67. The third-order valence-corrected chi connectivity index (χ3v) is 2.98. The van der Waals surface area contributed by atoms with Crippen molar-refractivity contribution in [2.45, 2.75) is 25.9 Å². The Labute approximate surface area is 95.9 Å². The lowest BCUT2D eigenvalue weighted by molar-refractivity contribution is 0.453. The van der Waals surface area contributed by atoms with Crippen LogP contribution in [0.1, 0.15) is 30.1 Å². The average Bonchev–Trinajstić information content (AvgIpc) is 2.81.